The molecule has 0 atom stereocenters. The van der Waals surface area contributed by atoms with Crippen LogP contribution in [0.15, 0.2) is 60.8 Å². The summed E-state index contributed by atoms with van der Waals surface area (Å²) in [7, 11) is 0. The molecule has 28 heavy (non-hydrogen) atoms. The highest BCUT2D eigenvalue weighted by Gasteiger charge is 2.13. The molecule has 1 heterocycles. The molecule has 2 aromatic carbocycles. The molecule has 0 bridgehead atoms. The average Bonchev–Trinajstić information content (AvgIpc) is 2.70. The summed E-state index contributed by atoms with van der Waals surface area (Å²) in [6.07, 6.45) is 1.44. The molecule has 0 saturated heterocycles. The van der Waals surface area contributed by atoms with Gasteiger partial charge in [0.2, 0.25) is 0 Å². The van der Waals surface area contributed by atoms with Gasteiger partial charge in [-0.3, -0.25) is 14.6 Å². The Kier molecular flexibility index (Phi) is 6.06. The summed E-state index contributed by atoms with van der Waals surface area (Å²) in [5, 5.41) is 6.19. The maximum atomic E-state index is 12.5. The predicted octanol–water partition coefficient (Wildman–Crippen LogP) is 4.53. The second kappa shape index (κ2) is 8.67. The number of hydrogen-bond donors (Lipinski definition) is 2. The van der Waals surface area contributed by atoms with Crippen LogP contribution >= 0.6 is 11.6 Å². The van der Waals surface area contributed by atoms with Gasteiger partial charge in [0, 0.05) is 29.0 Å². The molecule has 5 nitrogen and oxygen atoms in total. The first-order valence-corrected chi connectivity index (χ1v) is 9.18. The lowest BCUT2D eigenvalue weighted by molar-refractivity contribution is 0.0946. The Balaban J connectivity index is 1.68. The van der Waals surface area contributed by atoms with Crippen LogP contribution in [0.2, 0.25) is 5.02 Å². The number of carbonyl (C=O) groups excluding carboxylic acids is 2. The third kappa shape index (κ3) is 4.75. The first-order valence-electron chi connectivity index (χ1n) is 8.80. The fraction of sp³-hybridized carbons (Fsp3) is 0.136. The van der Waals surface area contributed by atoms with Crippen molar-refractivity contribution in [2.75, 3.05) is 5.32 Å². The number of carbonyl (C=O) groups is 2. The molecule has 1 aromatic heterocycles. The number of rotatable bonds is 5. The van der Waals surface area contributed by atoms with E-state index >= 15 is 0 Å². The van der Waals surface area contributed by atoms with Gasteiger partial charge in [-0.1, -0.05) is 35.9 Å². The molecule has 0 aliphatic rings. The van der Waals surface area contributed by atoms with Crippen LogP contribution in [0.25, 0.3) is 0 Å². The number of anilines is 1. The normalized spacial score (nSPS) is 10.4. The summed E-state index contributed by atoms with van der Waals surface area (Å²) >= 11 is 6.10. The molecule has 0 aliphatic carbocycles. The van der Waals surface area contributed by atoms with E-state index in [-0.39, 0.29) is 24.1 Å². The minimum absolute atomic E-state index is 0.166. The van der Waals surface area contributed by atoms with Crippen molar-refractivity contribution in [1.29, 1.82) is 0 Å². The molecule has 0 spiro atoms. The largest absolute Gasteiger partial charge is 0.347 e. The molecule has 0 radical (unpaired) electrons. The van der Waals surface area contributed by atoms with Crippen LogP contribution in [0.1, 0.15) is 37.5 Å². The van der Waals surface area contributed by atoms with E-state index < -0.39 is 0 Å². The minimum atomic E-state index is -0.374. The molecular formula is C22H20ClN3O2. The highest BCUT2D eigenvalue weighted by Crippen LogP contribution is 2.16. The van der Waals surface area contributed by atoms with E-state index in [1.807, 2.05) is 50.2 Å². The Hall–Kier alpha value is -3.18. The van der Waals surface area contributed by atoms with E-state index in [9.17, 15) is 9.59 Å². The zero-order chi connectivity index (χ0) is 20.1. The SMILES string of the molecule is Cc1ccc(NC(=O)c2ccnc(C(=O)NCc3ccccc3Cl)c2)cc1C. The van der Waals surface area contributed by atoms with Crippen molar-refractivity contribution in [3.63, 3.8) is 0 Å². The molecule has 3 aromatic rings. The number of aromatic nitrogens is 1. The smallest absolute Gasteiger partial charge is 0.270 e. The quantitative estimate of drug-likeness (QED) is 0.668. The Morgan fingerprint density at radius 2 is 1.75 bits per heavy atom. The van der Waals surface area contributed by atoms with Crippen LogP contribution < -0.4 is 10.6 Å². The lowest BCUT2D eigenvalue weighted by atomic mass is 10.1. The van der Waals surface area contributed by atoms with Crippen molar-refractivity contribution in [2.24, 2.45) is 0 Å². The van der Waals surface area contributed by atoms with E-state index in [0.717, 1.165) is 16.7 Å². The fourth-order valence-electron chi connectivity index (χ4n) is 2.63. The number of halogens is 1. The Labute approximate surface area is 168 Å². The first-order chi connectivity index (χ1) is 13.4. The molecule has 6 heteroatoms. The van der Waals surface area contributed by atoms with Gasteiger partial charge >= 0.3 is 0 Å². The predicted molar refractivity (Wildman–Crippen MR) is 111 cm³/mol. The van der Waals surface area contributed by atoms with Gasteiger partial charge in [-0.2, -0.15) is 0 Å². The number of pyridine rings is 1. The number of benzene rings is 2. The van der Waals surface area contributed by atoms with Gasteiger partial charge in [0.1, 0.15) is 5.69 Å². The van der Waals surface area contributed by atoms with Crippen LogP contribution in [-0.4, -0.2) is 16.8 Å². The molecule has 2 amide bonds. The minimum Gasteiger partial charge on any atom is -0.347 e. The molecule has 2 N–H and O–H groups in total. The number of nitrogens with zero attached hydrogens (tertiary/aromatic N) is 1. The Bertz CT molecular complexity index is 1030. The molecular weight excluding hydrogens is 374 g/mol. The molecule has 0 saturated carbocycles. The van der Waals surface area contributed by atoms with Gasteiger partial charge in [-0.15, -0.1) is 0 Å². The summed E-state index contributed by atoms with van der Waals surface area (Å²) in [5.41, 5.74) is 4.28. The molecule has 0 unspecified atom stereocenters. The van der Waals surface area contributed by atoms with E-state index in [1.54, 1.807) is 12.1 Å². The van der Waals surface area contributed by atoms with Crippen molar-refractivity contribution in [2.45, 2.75) is 20.4 Å². The van der Waals surface area contributed by atoms with Crippen LogP contribution in [0, 0.1) is 13.8 Å². The monoisotopic (exact) mass is 393 g/mol. The maximum Gasteiger partial charge on any atom is 0.270 e. The second-order valence-electron chi connectivity index (χ2n) is 6.46. The number of hydrogen-bond acceptors (Lipinski definition) is 3. The van der Waals surface area contributed by atoms with Crippen LogP contribution in [-0.2, 0) is 6.54 Å². The van der Waals surface area contributed by atoms with Crippen molar-refractivity contribution < 1.29 is 9.59 Å². The van der Waals surface area contributed by atoms with Crippen LogP contribution in [0.3, 0.4) is 0 Å². The van der Waals surface area contributed by atoms with Gasteiger partial charge in [-0.05, 0) is 60.9 Å². The fourth-order valence-corrected chi connectivity index (χ4v) is 2.83. The summed E-state index contributed by atoms with van der Waals surface area (Å²) in [5.74, 6) is -0.674. The van der Waals surface area contributed by atoms with Gasteiger partial charge in [0.25, 0.3) is 11.8 Å². The number of nitrogens with one attached hydrogen (secondary N) is 2. The third-order valence-corrected chi connectivity index (χ3v) is 4.79. The molecule has 0 aliphatic heterocycles. The maximum absolute atomic E-state index is 12.5. The average molecular weight is 394 g/mol. The topological polar surface area (TPSA) is 71.1 Å². The Morgan fingerprint density at radius 3 is 2.50 bits per heavy atom. The summed E-state index contributed by atoms with van der Waals surface area (Å²) < 4.78 is 0. The molecule has 0 fully saturated rings. The zero-order valence-corrected chi connectivity index (χ0v) is 16.4. The second-order valence-corrected chi connectivity index (χ2v) is 6.86. The number of aryl methyl sites for hydroxylation is 2. The first kappa shape index (κ1) is 19.6. The van der Waals surface area contributed by atoms with Crippen LogP contribution in [0.4, 0.5) is 5.69 Å². The van der Waals surface area contributed by atoms with Crippen LogP contribution in [0.5, 0.6) is 0 Å². The number of amides is 2. The third-order valence-electron chi connectivity index (χ3n) is 4.42. The lowest BCUT2D eigenvalue weighted by Gasteiger charge is -2.09. The van der Waals surface area contributed by atoms with E-state index in [0.29, 0.717) is 16.3 Å². The van der Waals surface area contributed by atoms with Gasteiger partial charge in [0.05, 0.1) is 0 Å². The van der Waals surface area contributed by atoms with E-state index in [1.165, 1.54) is 12.3 Å². The molecule has 3 rings (SSSR count). The zero-order valence-electron chi connectivity index (χ0n) is 15.6. The van der Waals surface area contributed by atoms with E-state index in [4.69, 9.17) is 11.6 Å². The summed E-state index contributed by atoms with van der Waals surface area (Å²) in [6.45, 7) is 4.27. The van der Waals surface area contributed by atoms with Crippen molar-refractivity contribution >= 4 is 29.1 Å². The van der Waals surface area contributed by atoms with Gasteiger partial charge in [-0.25, -0.2) is 0 Å². The molecule has 142 valence electrons. The summed E-state index contributed by atoms with van der Waals surface area (Å²) in [6, 6.07) is 16.0. The highest BCUT2D eigenvalue weighted by molar-refractivity contribution is 6.31. The Morgan fingerprint density at radius 1 is 0.964 bits per heavy atom. The van der Waals surface area contributed by atoms with Crippen molar-refractivity contribution in [1.82, 2.24) is 10.3 Å². The van der Waals surface area contributed by atoms with Gasteiger partial charge in [0.15, 0.2) is 0 Å². The summed E-state index contributed by atoms with van der Waals surface area (Å²) in [4.78, 5) is 29.0. The van der Waals surface area contributed by atoms with Crippen molar-refractivity contribution in [3.05, 3.63) is 93.8 Å². The van der Waals surface area contributed by atoms with Gasteiger partial charge < -0.3 is 10.6 Å². The van der Waals surface area contributed by atoms with Crippen molar-refractivity contribution in [3.8, 4) is 0 Å². The standard InChI is InChI=1S/C22H20ClN3O2/c1-14-7-8-18(11-15(14)2)26-21(27)16-9-10-24-20(12-16)22(28)25-13-17-5-3-4-6-19(17)23/h3-12H,13H2,1-2H3,(H,25,28)(H,26,27). The highest BCUT2D eigenvalue weighted by atomic mass is 35.5. The lowest BCUT2D eigenvalue weighted by Crippen LogP contribution is -2.24. The van der Waals surface area contributed by atoms with E-state index in [2.05, 4.69) is 15.6 Å².